The van der Waals surface area contributed by atoms with Gasteiger partial charge < -0.3 is 9.72 Å². The van der Waals surface area contributed by atoms with Gasteiger partial charge >= 0.3 is 0 Å². The van der Waals surface area contributed by atoms with Crippen LogP contribution >= 0.6 is 0 Å². The third kappa shape index (κ3) is 1.69. The van der Waals surface area contributed by atoms with E-state index >= 15 is 0 Å². The number of nitrogens with zero attached hydrogens (tertiary/aromatic N) is 2. The van der Waals surface area contributed by atoms with Crippen LogP contribution in [0.15, 0.2) is 24.5 Å². The van der Waals surface area contributed by atoms with Gasteiger partial charge in [0.05, 0.1) is 5.69 Å². The van der Waals surface area contributed by atoms with Crippen LogP contribution in [0.1, 0.15) is 25.0 Å². The minimum absolute atomic E-state index is 0.152. The van der Waals surface area contributed by atoms with Gasteiger partial charge in [-0.15, -0.1) is 0 Å². The maximum atomic E-state index is 11.9. The summed E-state index contributed by atoms with van der Waals surface area (Å²) < 4.78 is 1.98. The molecular formula is C13H15N3O. The molecule has 4 nitrogen and oxygen atoms in total. The molecule has 1 saturated carbocycles. The van der Waals surface area contributed by atoms with Crippen molar-refractivity contribution in [3.8, 4) is 0 Å². The predicted octanol–water partition coefficient (Wildman–Crippen LogP) is 2.38. The minimum Gasteiger partial charge on any atom is -0.324 e. The molecule has 4 heteroatoms. The summed E-state index contributed by atoms with van der Waals surface area (Å²) in [5.74, 6) is 0.367. The fourth-order valence-corrected chi connectivity index (χ4v) is 2.17. The molecule has 3 rings (SSSR count). The fraction of sp³-hybridized carbons (Fsp3) is 0.385. The number of amides is 1. The van der Waals surface area contributed by atoms with E-state index in [9.17, 15) is 4.79 Å². The first-order chi connectivity index (χ1) is 8.25. The molecule has 0 atom stereocenters. The topological polar surface area (TPSA) is 46.4 Å². The summed E-state index contributed by atoms with van der Waals surface area (Å²) in [6, 6.07) is 3.84. The predicted molar refractivity (Wildman–Crippen MR) is 65.9 cm³/mol. The van der Waals surface area contributed by atoms with Crippen molar-refractivity contribution >= 4 is 17.2 Å². The summed E-state index contributed by atoms with van der Waals surface area (Å²) >= 11 is 0. The number of aryl methyl sites for hydroxylation is 1. The van der Waals surface area contributed by atoms with Crippen LogP contribution in [-0.4, -0.2) is 15.3 Å². The number of anilines is 1. The number of nitrogens with one attached hydrogen (secondary N) is 1. The molecule has 0 aromatic carbocycles. The van der Waals surface area contributed by atoms with E-state index in [0.717, 1.165) is 29.9 Å². The molecule has 2 heterocycles. The van der Waals surface area contributed by atoms with Gasteiger partial charge in [0, 0.05) is 24.0 Å². The van der Waals surface area contributed by atoms with E-state index < -0.39 is 0 Å². The normalized spacial score (nSPS) is 15.8. The number of carbonyl (C=O) groups excluding carboxylic acids is 1. The maximum Gasteiger partial charge on any atom is 0.227 e. The third-order valence-corrected chi connectivity index (χ3v) is 3.55. The molecule has 1 aliphatic carbocycles. The standard InChI is InChI=1S/C13H15N3O/c1-9-11(15-13(17)10-3-2-4-10)5-6-12-14-7-8-16(9)12/h5-8,10H,2-4H2,1H3,(H,15,17). The molecule has 1 amide bonds. The lowest BCUT2D eigenvalue weighted by molar-refractivity contribution is -0.122. The van der Waals surface area contributed by atoms with Gasteiger partial charge in [0.25, 0.3) is 0 Å². The second kappa shape index (κ2) is 3.87. The first-order valence-electron chi connectivity index (χ1n) is 5.99. The van der Waals surface area contributed by atoms with Crippen molar-refractivity contribution in [2.75, 3.05) is 5.32 Å². The molecule has 0 saturated heterocycles. The van der Waals surface area contributed by atoms with Crippen LogP contribution in [0.4, 0.5) is 5.69 Å². The molecule has 1 aliphatic rings. The number of pyridine rings is 1. The zero-order valence-electron chi connectivity index (χ0n) is 9.81. The van der Waals surface area contributed by atoms with Crippen molar-refractivity contribution in [3.05, 3.63) is 30.2 Å². The number of hydrogen-bond donors (Lipinski definition) is 1. The van der Waals surface area contributed by atoms with Gasteiger partial charge in [0.15, 0.2) is 0 Å². The Labute approximate surface area is 99.7 Å². The molecule has 88 valence electrons. The van der Waals surface area contributed by atoms with Gasteiger partial charge in [-0.2, -0.15) is 0 Å². The molecule has 2 aromatic rings. The highest BCUT2D eigenvalue weighted by molar-refractivity contribution is 5.93. The lowest BCUT2D eigenvalue weighted by Gasteiger charge is -2.24. The van der Waals surface area contributed by atoms with E-state index in [1.54, 1.807) is 6.20 Å². The molecule has 0 spiro atoms. The number of imidazole rings is 1. The lowest BCUT2D eigenvalue weighted by atomic mass is 9.85. The largest absolute Gasteiger partial charge is 0.324 e. The van der Waals surface area contributed by atoms with Crippen molar-refractivity contribution in [1.82, 2.24) is 9.38 Å². The highest BCUT2D eigenvalue weighted by Crippen LogP contribution is 2.28. The van der Waals surface area contributed by atoms with E-state index in [1.165, 1.54) is 6.42 Å². The number of fused-ring (bicyclic) bond motifs is 1. The Bertz CT molecular complexity index is 569. The quantitative estimate of drug-likeness (QED) is 0.859. The molecule has 2 aromatic heterocycles. The smallest absolute Gasteiger partial charge is 0.227 e. The van der Waals surface area contributed by atoms with Crippen LogP contribution in [-0.2, 0) is 4.79 Å². The molecule has 0 radical (unpaired) electrons. The number of rotatable bonds is 2. The van der Waals surface area contributed by atoms with E-state index in [1.807, 2.05) is 29.7 Å². The van der Waals surface area contributed by atoms with Crippen LogP contribution in [0.5, 0.6) is 0 Å². The molecule has 1 fully saturated rings. The Balaban J connectivity index is 1.89. The van der Waals surface area contributed by atoms with Crippen LogP contribution in [0.25, 0.3) is 5.65 Å². The van der Waals surface area contributed by atoms with Crippen molar-refractivity contribution in [3.63, 3.8) is 0 Å². The Morgan fingerprint density at radius 1 is 1.47 bits per heavy atom. The molecule has 17 heavy (non-hydrogen) atoms. The average molecular weight is 229 g/mol. The Hall–Kier alpha value is -1.84. The van der Waals surface area contributed by atoms with Crippen molar-refractivity contribution in [2.45, 2.75) is 26.2 Å². The first-order valence-corrected chi connectivity index (χ1v) is 5.99. The summed E-state index contributed by atoms with van der Waals surface area (Å²) in [7, 11) is 0. The van der Waals surface area contributed by atoms with Gasteiger partial charge in [0.1, 0.15) is 5.65 Å². The van der Waals surface area contributed by atoms with Gasteiger partial charge in [-0.1, -0.05) is 6.42 Å². The van der Waals surface area contributed by atoms with Crippen LogP contribution in [0.2, 0.25) is 0 Å². The molecule has 0 bridgehead atoms. The summed E-state index contributed by atoms with van der Waals surface area (Å²) in [5.41, 5.74) is 2.81. The Morgan fingerprint density at radius 3 is 3.00 bits per heavy atom. The van der Waals surface area contributed by atoms with E-state index in [0.29, 0.717) is 0 Å². The second-order valence-electron chi connectivity index (χ2n) is 4.60. The molecule has 0 aliphatic heterocycles. The zero-order chi connectivity index (χ0) is 11.8. The fourth-order valence-electron chi connectivity index (χ4n) is 2.17. The third-order valence-electron chi connectivity index (χ3n) is 3.55. The van der Waals surface area contributed by atoms with Gasteiger partial charge in [-0.25, -0.2) is 4.98 Å². The van der Waals surface area contributed by atoms with E-state index in [4.69, 9.17) is 0 Å². The Morgan fingerprint density at radius 2 is 2.29 bits per heavy atom. The summed E-state index contributed by atoms with van der Waals surface area (Å²) in [5, 5.41) is 3.01. The summed E-state index contributed by atoms with van der Waals surface area (Å²) in [4.78, 5) is 16.1. The lowest BCUT2D eigenvalue weighted by Crippen LogP contribution is -2.28. The average Bonchev–Trinajstić information content (AvgIpc) is 2.68. The van der Waals surface area contributed by atoms with E-state index in [-0.39, 0.29) is 11.8 Å². The number of hydrogen-bond acceptors (Lipinski definition) is 2. The van der Waals surface area contributed by atoms with Gasteiger partial charge in [0.2, 0.25) is 5.91 Å². The highest BCUT2D eigenvalue weighted by atomic mass is 16.1. The number of carbonyl (C=O) groups is 1. The molecule has 0 unspecified atom stereocenters. The minimum atomic E-state index is 0.152. The van der Waals surface area contributed by atoms with Gasteiger partial charge in [-0.05, 0) is 31.9 Å². The van der Waals surface area contributed by atoms with Crippen LogP contribution in [0.3, 0.4) is 0 Å². The highest BCUT2D eigenvalue weighted by Gasteiger charge is 2.25. The SMILES string of the molecule is Cc1c(NC(=O)C2CCC2)ccc2nccn12. The van der Waals surface area contributed by atoms with Crippen molar-refractivity contribution in [2.24, 2.45) is 5.92 Å². The van der Waals surface area contributed by atoms with Gasteiger partial charge in [-0.3, -0.25) is 4.79 Å². The second-order valence-corrected chi connectivity index (χ2v) is 4.60. The monoisotopic (exact) mass is 229 g/mol. The van der Waals surface area contributed by atoms with Crippen molar-refractivity contribution in [1.29, 1.82) is 0 Å². The van der Waals surface area contributed by atoms with Crippen LogP contribution < -0.4 is 5.32 Å². The summed E-state index contributed by atoms with van der Waals surface area (Å²) in [6.45, 7) is 1.99. The number of aromatic nitrogens is 2. The summed E-state index contributed by atoms with van der Waals surface area (Å²) in [6.07, 6.45) is 6.90. The Kier molecular flexibility index (Phi) is 2.35. The van der Waals surface area contributed by atoms with Crippen molar-refractivity contribution < 1.29 is 4.79 Å². The maximum absolute atomic E-state index is 11.9. The first kappa shape index (κ1) is 10.3. The van der Waals surface area contributed by atoms with Crippen LogP contribution in [0, 0.1) is 12.8 Å². The molecular weight excluding hydrogens is 214 g/mol. The zero-order valence-corrected chi connectivity index (χ0v) is 9.81. The molecule has 1 N–H and O–H groups in total. The van der Waals surface area contributed by atoms with E-state index in [2.05, 4.69) is 10.3 Å².